The van der Waals surface area contributed by atoms with Gasteiger partial charge in [-0.3, -0.25) is 0 Å². The number of rotatable bonds is 5. The highest BCUT2D eigenvalue weighted by Crippen LogP contribution is 2.20. The number of nitrogens with zero attached hydrogens (tertiary/aromatic N) is 1. The summed E-state index contributed by atoms with van der Waals surface area (Å²) >= 11 is 0. The number of aromatic nitrogens is 2. The van der Waals surface area contributed by atoms with Gasteiger partial charge in [0.25, 0.3) is 0 Å². The first-order valence-corrected chi connectivity index (χ1v) is 5.37. The van der Waals surface area contributed by atoms with E-state index in [2.05, 4.69) is 36.1 Å². The molecule has 0 spiro atoms. The lowest BCUT2D eigenvalue weighted by molar-refractivity contribution is 0.460. The molecule has 0 bridgehead atoms. The van der Waals surface area contributed by atoms with Crippen LogP contribution in [0.2, 0.25) is 0 Å². The van der Waals surface area contributed by atoms with Gasteiger partial charge in [0.2, 0.25) is 0 Å². The molecule has 3 heteroatoms. The number of nitrogens with one attached hydrogen (secondary N) is 2. The smallest absolute Gasteiger partial charge is 0.110 e. The second kappa shape index (κ2) is 5.15. The quantitative estimate of drug-likeness (QED) is 0.753. The second-order valence-corrected chi connectivity index (χ2v) is 4.06. The van der Waals surface area contributed by atoms with Crippen LogP contribution in [0.15, 0.2) is 6.20 Å². The normalized spacial score (nSPS) is 13.5. The zero-order valence-electron chi connectivity index (χ0n) is 9.59. The predicted octanol–water partition coefficient (Wildman–Crippen LogP) is 1.93. The van der Waals surface area contributed by atoms with Gasteiger partial charge in [0.05, 0.1) is 0 Å². The van der Waals surface area contributed by atoms with Crippen molar-refractivity contribution in [3.8, 4) is 0 Å². The Hall–Kier alpha value is -0.830. The number of H-pyrrole nitrogens is 1. The first-order chi connectivity index (χ1) is 6.69. The summed E-state index contributed by atoms with van der Waals surface area (Å²) in [6.07, 6.45) is 2.97. The Morgan fingerprint density at radius 1 is 1.50 bits per heavy atom. The zero-order chi connectivity index (χ0) is 10.6. The van der Waals surface area contributed by atoms with Crippen molar-refractivity contribution >= 4 is 0 Å². The van der Waals surface area contributed by atoms with Gasteiger partial charge in [-0.2, -0.15) is 0 Å². The van der Waals surface area contributed by atoms with Crippen molar-refractivity contribution in [2.75, 3.05) is 13.6 Å². The molecule has 1 rings (SSSR count). The highest BCUT2D eigenvalue weighted by Gasteiger charge is 2.17. The molecule has 0 saturated carbocycles. The van der Waals surface area contributed by atoms with Gasteiger partial charge in [0.15, 0.2) is 0 Å². The molecule has 1 atom stereocenters. The molecule has 0 radical (unpaired) electrons. The Labute approximate surface area is 86.3 Å². The average molecular weight is 195 g/mol. The summed E-state index contributed by atoms with van der Waals surface area (Å²) in [7, 11) is 1.99. The van der Waals surface area contributed by atoms with Crippen molar-refractivity contribution in [3.63, 3.8) is 0 Å². The van der Waals surface area contributed by atoms with Crippen LogP contribution in [0.1, 0.15) is 38.2 Å². The molecule has 1 unspecified atom stereocenters. The third-order valence-corrected chi connectivity index (χ3v) is 2.61. The minimum Gasteiger partial charge on any atom is -0.346 e. The van der Waals surface area contributed by atoms with E-state index in [4.69, 9.17) is 0 Å². The Morgan fingerprint density at radius 2 is 2.21 bits per heavy atom. The highest BCUT2D eigenvalue weighted by atomic mass is 14.9. The molecule has 0 fully saturated rings. The third kappa shape index (κ3) is 2.58. The van der Waals surface area contributed by atoms with Crippen molar-refractivity contribution in [3.05, 3.63) is 17.7 Å². The van der Waals surface area contributed by atoms with E-state index in [1.807, 2.05) is 13.2 Å². The third-order valence-electron chi connectivity index (χ3n) is 2.61. The van der Waals surface area contributed by atoms with Crippen molar-refractivity contribution in [1.82, 2.24) is 15.3 Å². The molecule has 0 aliphatic rings. The number of likely N-dealkylation sites (N-methyl/N-ethyl adjacent to an activating group) is 1. The number of imidazole rings is 1. The lowest BCUT2D eigenvalue weighted by Gasteiger charge is -2.17. The minimum absolute atomic E-state index is 0.486. The fourth-order valence-electron chi connectivity index (χ4n) is 1.61. The van der Waals surface area contributed by atoms with Crippen molar-refractivity contribution < 1.29 is 0 Å². The highest BCUT2D eigenvalue weighted by molar-refractivity contribution is 5.06. The largest absolute Gasteiger partial charge is 0.346 e. The van der Waals surface area contributed by atoms with Crippen LogP contribution in [0.4, 0.5) is 0 Å². The Morgan fingerprint density at radius 3 is 2.64 bits per heavy atom. The maximum absolute atomic E-state index is 4.43. The van der Waals surface area contributed by atoms with Crippen LogP contribution in [0, 0.1) is 5.92 Å². The molecule has 14 heavy (non-hydrogen) atoms. The summed E-state index contributed by atoms with van der Waals surface area (Å²) in [5, 5.41) is 3.21. The van der Waals surface area contributed by atoms with Gasteiger partial charge < -0.3 is 10.3 Å². The van der Waals surface area contributed by atoms with Gasteiger partial charge in [-0.1, -0.05) is 20.8 Å². The predicted molar refractivity (Wildman–Crippen MR) is 59.5 cm³/mol. The first-order valence-electron chi connectivity index (χ1n) is 5.37. The maximum atomic E-state index is 4.43. The van der Waals surface area contributed by atoms with E-state index in [0.29, 0.717) is 11.8 Å². The number of aromatic amines is 1. The van der Waals surface area contributed by atoms with Gasteiger partial charge in [-0.05, 0) is 19.4 Å². The SMILES string of the molecule is CCc1cnc(C(CNC)C(C)C)[nH]1. The molecule has 0 aliphatic carbocycles. The molecule has 0 aliphatic heterocycles. The van der Waals surface area contributed by atoms with Crippen LogP contribution in [-0.2, 0) is 6.42 Å². The zero-order valence-corrected chi connectivity index (χ0v) is 9.59. The van der Waals surface area contributed by atoms with E-state index >= 15 is 0 Å². The monoisotopic (exact) mass is 195 g/mol. The van der Waals surface area contributed by atoms with Gasteiger partial charge in [-0.15, -0.1) is 0 Å². The van der Waals surface area contributed by atoms with Crippen molar-refractivity contribution in [2.24, 2.45) is 5.92 Å². The van der Waals surface area contributed by atoms with Crippen molar-refractivity contribution in [1.29, 1.82) is 0 Å². The van der Waals surface area contributed by atoms with Crippen molar-refractivity contribution in [2.45, 2.75) is 33.1 Å². The average Bonchev–Trinajstić information content (AvgIpc) is 2.61. The van der Waals surface area contributed by atoms with Crippen LogP contribution < -0.4 is 5.32 Å². The Kier molecular flexibility index (Phi) is 4.14. The molecule has 80 valence electrons. The first kappa shape index (κ1) is 11.2. The van der Waals surface area contributed by atoms with Gasteiger partial charge in [0, 0.05) is 24.4 Å². The fourth-order valence-corrected chi connectivity index (χ4v) is 1.61. The number of aryl methyl sites for hydroxylation is 1. The summed E-state index contributed by atoms with van der Waals surface area (Å²) in [6.45, 7) is 7.58. The molecule has 2 N–H and O–H groups in total. The van der Waals surface area contributed by atoms with Crippen LogP contribution >= 0.6 is 0 Å². The Balaban J connectivity index is 2.76. The summed E-state index contributed by atoms with van der Waals surface area (Å²) in [5.41, 5.74) is 1.22. The summed E-state index contributed by atoms with van der Waals surface area (Å²) in [5.74, 6) is 2.21. The van der Waals surface area contributed by atoms with Crippen LogP contribution in [0.5, 0.6) is 0 Å². The maximum Gasteiger partial charge on any atom is 0.110 e. The molecule has 1 aromatic heterocycles. The van der Waals surface area contributed by atoms with Gasteiger partial charge in [-0.25, -0.2) is 4.98 Å². The molecular weight excluding hydrogens is 174 g/mol. The van der Waals surface area contributed by atoms with Gasteiger partial charge in [0.1, 0.15) is 5.82 Å². The van der Waals surface area contributed by atoms with Gasteiger partial charge >= 0.3 is 0 Å². The standard InChI is InChI=1S/C11H21N3/c1-5-9-6-13-11(14-9)10(7-12-4)8(2)3/h6,8,10,12H,5,7H2,1-4H3,(H,13,14). The van der Waals surface area contributed by atoms with Crippen LogP contribution in [0.25, 0.3) is 0 Å². The lowest BCUT2D eigenvalue weighted by atomic mass is 9.95. The van der Waals surface area contributed by atoms with E-state index in [0.717, 1.165) is 18.8 Å². The molecular formula is C11H21N3. The molecule has 3 nitrogen and oxygen atoms in total. The van der Waals surface area contributed by atoms with E-state index in [-0.39, 0.29) is 0 Å². The number of hydrogen-bond donors (Lipinski definition) is 2. The molecule has 1 heterocycles. The van der Waals surface area contributed by atoms with E-state index < -0.39 is 0 Å². The molecule has 0 amide bonds. The van der Waals surface area contributed by atoms with Crippen LogP contribution in [-0.4, -0.2) is 23.6 Å². The van der Waals surface area contributed by atoms with E-state index in [1.54, 1.807) is 0 Å². The fraction of sp³-hybridized carbons (Fsp3) is 0.727. The minimum atomic E-state index is 0.486. The molecule has 0 aromatic carbocycles. The molecule has 0 saturated heterocycles. The lowest BCUT2D eigenvalue weighted by Crippen LogP contribution is -2.22. The number of hydrogen-bond acceptors (Lipinski definition) is 2. The summed E-state index contributed by atoms with van der Waals surface area (Å²) in [4.78, 5) is 7.81. The Bertz CT molecular complexity index is 265. The summed E-state index contributed by atoms with van der Waals surface area (Å²) in [6, 6.07) is 0. The van der Waals surface area contributed by atoms with E-state index in [9.17, 15) is 0 Å². The summed E-state index contributed by atoms with van der Waals surface area (Å²) < 4.78 is 0. The van der Waals surface area contributed by atoms with Crippen LogP contribution in [0.3, 0.4) is 0 Å². The second-order valence-electron chi connectivity index (χ2n) is 4.06. The topological polar surface area (TPSA) is 40.7 Å². The molecule has 1 aromatic rings. The van der Waals surface area contributed by atoms with E-state index in [1.165, 1.54) is 5.69 Å².